The number of hydrogen-bond donors (Lipinski definition) is 0. The molecule has 0 aromatic rings. The van der Waals surface area contributed by atoms with E-state index in [2.05, 4.69) is 4.74 Å². The quantitative estimate of drug-likeness (QED) is 0.662. The van der Waals surface area contributed by atoms with Gasteiger partial charge in [0.2, 0.25) is 5.91 Å². The minimum Gasteiger partial charge on any atom is -0.469 e. The van der Waals surface area contributed by atoms with Gasteiger partial charge < -0.3 is 14.4 Å². The van der Waals surface area contributed by atoms with Gasteiger partial charge in [-0.1, -0.05) is 13.8 Å². The predicted octanol–water partition coefficient (Wildman–Crippen LogP) is 1.82. The van der Waals surface area contributed by atoms with Gasteiger partial charge in [-0.15, -0.1) is 0 Å². The third kappa shape index (κ3) is 5.71. The monoisotopic (exact) mass is 370 g/mol. The minimum atomic E-state index is -1.02. The van der Waals surface area contributed by atoms with E-state index in [1.54, 1.807) is 20.8 Å². The van der Waals surface area contributed by atoms with Crippen LogP contribution >= 0.6 is 0 Å². The summed E-state index contributed by atoms with van der Waals surface area (Å²) < 4.78 is 10.0. The van der Waals surface area contributed by atoms with Crippen molar-refractivity contribution in [2.45, 2.75) is 59.1 Å². The van der Waals surface area contributed by atoms with Crippen LogP contribution in [0.5, 0.6) is 0 Å². The highest BCUT2D eigenvalue weighted by Gasteiger charge is 2.47. The Morgan fingerprint density at radius 3 is 2.27 bits per heavy atom. The van der Waals surface area contributed by atoms with E-state index in [9.17, 15) is 19.2 Å². The number of urea groups is 1. The van der Waals surface area contributed by atoms with Gasteiger partial charge in [0.15, 0.2) is 6.04 Å². The van der Waals surface area contributed by atoms with E-state index in [4.69, 9.17) is 4.74 Å². The summed E-state index contributed by atoms with van der Waals surface area (Å²) in [5.41, 5.74) is -0.737. The van der Waals surface area contributed by atoms with Crippen LogP contribution in [0, 0.1) is 11.8 Å². The van der Waals surface area contributed by atoms with Crippen LogP contribution < -0.4 is 0 Å². The zero-order chi connectivity index (χ0) is 20.2. The summed E-state index contributed by atoms with van der Waals surface area (Å²) in [4.78, 5) is 51.9. The second-order valence-corrected chi connectivity index (χ2v) is 8.03. The molecule has 1 fully saturated rings. The summed E-state index contributed by atoms with van der Waals surface area (Å²) in [7, 11) is 2.77. The van der Waals surface area contributed by atoms with Crippen molar-refractivity contribution in [3.8, 4) is 0 Å². The summed E-state index contributed by atoms with van der Waals surface area (Å²) >= 11 is 0. The lowest BCUT2D eigenvalue weighted by Gasteiger charge is -2.28. The summed E-state index contributed by atoms with van der Waals surface area (Å²) in [5, 5.41) is 0. The third-order valence-electron chi connectivity index (χ3n) is 3.95. The number of carbonyl (C=O) groups is 4. The molecule has 0 aromatic carbocycles. The lowest BCUT2D eigenvalue weighted by atomic mass is 9.92. The van der Waals surface area contributed by atoms with Crippen LogP contribution in [0.25, 0.3) is 0 Å². The van der Waals surface area contributed by atoms with Crippen LogP contribution in [0.1, 0.15) is 47.5 Å². The highest BCUT2D eigenvalue weighted by atomic mass is 16.6. The number of methoxy groups -OCH3 is 1. The standard InChI is InChI=1S/C18H30N2O6/c1-11(2)8-12(9-14(21)25-7)15(22)20-13(10-19(6)17(20)24)16(23)26-18(3,4)5/h11-13H,8-10H2,1-7H3/t12-,13-/m0/s1. The van der Waals surface area contributed by atoms with Crippen LogP contribution in [0.3, 0.4) is 0 Å². The fraction of sp³-hybridized carbons (Fsp3) is 0.778. The molecule has 1 saturated heterocycles. The molecular weight excluding hydrogens is 340 g/mol. The van der Waals surface area contributed by atoms with Crippen LogP contribution in [0.2, 0.25) is 0 Å². The predicted molar refractivity (Wildman–Crippen MR) is 94.1 cm³/mol. The van der Waals surface area contributed by atoms with E-state index < -0.39 is 41.4 Å². The number of carbonyl (C=O) groups excluding carboxylic acids is 4. The number of ether oxygens (including phenoxy) is 2. The molecule has 0 bridgehead atoms. The molecule has 148 valence electrons. The van der Waals surface area contributed by atoms with Gasteiger partial charge in [0.05, 0.1) is 20.1 Å². The molecule has 0 spiro atoms. The number of likely N-dealkylation sites (N-methyl/N-ethyl adjacent to an activating group) is 1. The molecule has 0 aromatic heterocycles. The molecule has 1 heterocycles. The average Bonchev–Trinajstić information content (AvgIpc) is 2.79. The Labute approximate surface area is 154 Å². The number of rotatable bonds is 6. The molecular formula is C18H30N2O6. The fourth-order valence-corrected chi connectivity index (χ4v) is 2.86. The smallest absolute Gasteiger partial charge is 0.331 e. The van der Waals surface area contributed by atoms with E-state index in [0.29, 0.717) is 6.42 Å². The summed E-state index contributed by atoms with van der Waals surface area (Å²) in [6.45, 7) is 9.05. The van der Waals surface area contributed by atoms with Crippen molar-refractivity contribution in [1.29, 1.82) is 0 Å². The zero-order valence-corrected chi connectivity index (χ0v) is 16.7. The molecule has 0 unspecified atom stereocenters. The van der Waals surface area contributed by atoms with Crippen molar-refractivity contribution >= 4 is 23.9 Å². The Bertz CT molecular complexity index is 567. The molecule has 8 nitrogen and oxygen atoms in total. The first-order valence-electron chi connectivity index (χ1n) is 8.75. The Morgan fingerprint density at radius 2 is 1.81 bits per heavy atom. The van der Waals surface area contributed by atoms with Gasteiger partial charge in [0.1, 0.15) is 5.60 Å². The highest BCUT2D eigenvalue weighted by Crippen LogP contribution is 2.25. The molecule has 1 aliphatic heterocycles. The van der Waals surface area contributed by atoms with Gasteiger partial charge in [-0.05, 0) is 33.1 Å². The Kier molecular flexibility index (Phi) is 7.17. The van der Waals surface area contributed by atoms with Gasteiger partial charge in [-0.2, -0.15) is 0 Å². The molecule has 26 heavy (non-hydrogen) atoms. The van der Waals surface area contributed by atoms with Crippen molar-refractivity contribution in [3.63, 3.8) is 0 Å². The summed E-state index contributed by atoms with van der Waals surface area (Å²) in [6, 6.07) is -1.59. The van der Waals surface area contributed by atoms with Gasteiger partial charge >= 0.3 is 18.0 Å². The SMILES string of the molecule is COC(=O)C[C@H](CC(C)C)C(=O)N1C(=O)N(C)C[C@H]1C(=O)OC(C)(C)C. The molecule has 2 atom stereocenters. The van der Waals surface area contributed by atoms with Crippen LogP contribution in [-0.2, 0) is 23.9 Å². The second-order valence-electron chi connectivity index (χ2n) is 8.03. The molecule has 0 aliphatic carbocycles. The molecule has 1 rings (SSSR count). The third-order valence-corrected chi connectivity index (χ3v) is 3.95. The van der Waals surface area contributed by atoms with Crippen LogP contribution in [-0.4, -0.2) is 66.0 Å². The number of nitrogens with zero attached hydrogens (tertiary/aromatic N) is 2. The molecule has 3 amide bonds. The summed E-state index contributed by atoms with van der Waals surface area (Å²) in [5.74, 6) is -2.32. The lowest BCUT2D eigenvalue weighted by Crippen LogP contribution is -2.49. The first-order valence-corrected chi connectivity index (χ1v) is 8.75. The summed E-state index contributed by atoms with van der Waals surface area (Å²) in [6.07, 6.45) is 0.268. The van der Waals surface area contributed by atoms with E-state index in [-0.39, 0.29) is 18.9 Å². The highest BCUT2D eigenvalue weighted by molar-refractivity contribution is 6.02. The molecule has 1 aliphatic rings. The van der Waals surface area contributed by atoms with E-state index in [1.165, 1.54) is 19.1 Å². The first kappa shape index (κ1) is 21.9. The Morgan fingerprint density at radius 1 is 1.23 bits per heavy atom. The molecule has 0 saturated carbocycles. The van der Waals surface area contributed by atoms with Crippen molar-refractivity contribution in [1.82, 2.24) is 9.80 Å². The number of esters is 2. The molecule has 0 N–H and O–H groups in total. The average molecular weight is 370 g/mol. The molecule has 0 radical (unpaired) electrons. The van der Waals surface area contributed by atoms with Gasteiger partial charge in [-0.3, -0.25) is 9.59 Å². The largest absolute Gasteiger partial charge is 0.469 e. The van der Waals surface area contributed by atoms with Crippen LogP contribution in [0.4, 0.5) is 4.79 Å². The van der Waals surface area contributed by atoms with Crippen LogP contribution in [0.15, 0.2) is 0 Å². The fourth-order valence-electron chi connectivity index (χ4n) is 2.86. The maximum atomic E-state index is 13.0. The van der Waals surface area contributed by atoms with Crippen molar-refractivity contribution in [2.75, 3.05) is 20.7 Å². The van der Waals surface area contributed by atoms with Crippen molar-refractivity contribution < 1.29 is 28.7 Å². The number of imide groups is 1. The number of hydrogen-bond acceptors (Lipinski definition) is 6. The second kappa shape index (κ2) is 8.51. The van der Waals surface area contributed by atoms with Gasteiger partial charge in [-0.25, -0.2) is 14.5 Å². The van der Waals surface area contributed by atoms with Gasteiger partial charge in [0, 0.05) is 13.0 Å². The number of amides is 3. The normalized spacial score (nSPS) is 18.9. The first-order chi connectivity index (χ1) is 11.9. The minimum absolute atomic E-state index is 0.0616. The maximum Gasteiger partial charge on any atom is 0.331 e. The van der Waals surface area contributed by atoms with Crippen molar-refractivity contribution in [2.24, 2.45) is 11.8 Å². The zero-order valence-electron chi connectivity index (χ0n) is 16.7. The van der Waals surface area contributed by atoms with E-state index in [0.717, 1.165) is 4.90 Å². The van der Waals surface area contributed by atoms with E-state index >= 15 is 0 Å². The Balaban J connectivity index is 3.10. The maximum absolute atomic E-state index is 13.0. The van der Waals surface area contributed by atoms with E-state index in [1.807, 2.05) is 13.8 Å². The van der Waals surface area contributed by atoms with Gasteiger partial charge in [0.25, 0.3) is 0 Å². The topological polar surface area (TPSA) is 93.2 Å². The molecule has 8 heteroatoms. The Hall–Kier alpha value is -2.12. The lowest BCUT2D eigenvalue weighted by molar-refractivity contribution is -0.162. The van der Waals surface area contributed by atoms with Crippen molar-refractivity contribution in [3.05, 3.63) is 0 Å².